The monoisotopic (exact) mass is 894 g/mol. The van der Waals surface area contributed by atoms with E-state index in [1.165, 1.54) is 12.1 Å². The molecule has 9 N–H and O–H groups in total. The lowest BCUT2D eigenvalue weighted by Gasteiger charge is -2.33. The summed E-state index contributed by atoms with van der Waals surface area (Å²) in [5.41, 5.74) is 1.59. The number of benzene rings is 2. The van der Waals surface area contributed by atoms with Crippen molar-refractivity contribution in [2.24, 2.45) is 0 Å². The van der Waals surface area contributed by atoms with E-state index in [4.69, 9.17) is 5.11 Å². The number of nitrogens with one attached hydrogen (secondary N) is 5. The van der Waals surface area contributed by atoms with Crippen LogP contribution in [0.5, 0.6) is 0 Å². The predicted octanol–water partition coefficient (Wildman–Crippen LogP) is -1.22. The van der Waals surface area contributed by atoms with Gasteiger partial charge in [0, 0.05) is 69.4 Å². The lowest BCUT2D eigenvalue weighted by molar-refractivity contribution is -0.142. The van der Waals surface area contributed by atoms with E-state index < -0.39 is 78.1 Å². The molecule has 5 amide bonds. The maximum atomic E-state index is 13.6. The number of hydrogen-bond acceptors (Lipinski definition) is 13. The first-order valence-corrected chi connectivity index (χ1v) is 20.9. The first-order valence-electron chi connectivity index (χ1n) is 20.9. The summed E-state index contributed by atoms with van der Waals surface area (Å²) in [5, 5.41) is 50.8. The van der Waals surface area contributed by atoms with Crippen LogP contribution in [-0.2, 0) is 51.2 Å². The molecule has 21 nitrogen and oxygen atoms in total. The summed E-state index contributed by atoms with van der Waals surface area (Å²) in [6.45, 7) is 2.96. The number of amides is 5. The summed E-state index contributed by atoms with van der Waals surface area (Å²) in [5.74, 6) is -7.48. The molecule has 0 aliphatic carbocycles. The molecule has 3 atom stereocenters. The molecule has 21 heteroatoms. The standard InChI is InChI=1S/C43H58N8O13/c1-2-49(19-17-44-26-38(55)56)20-21-50(28-40(59)60)32(24-45-27-39(57)58)22-30-11-13-31(14-12-30)41(61)48-34(23-29-8-4-3-5-9-29)42(62)46-25-35(52)47-33(43(63)64)10-6-7-18-51-36(53)15-16-37(51)54/h3-5,8-9,11-16,32-34,44-45H,2,6-7,10,17-28H2,1H3,(H,46,62)(H,47,52)(H,48,61)(H,55,56)(H,57,58)(H,59,60)(H,63,64). The Morgan fingerprint density at radius 1 is 0.688 bits per heavy atom. The van der Waals surface area contributed by atoms with Crippen LogP contribution < -0.4 is 26.6 Å². The van der Waals surface area contributed by atoms with Crippen molar-refractivity contribution in [3.63, 3.8) is 0 Å². The molecular weight excluding hydrogens is 837 g/mol. The zero-order valence-electron chi connectivity index (χ0n) is 35.7. The summed E-state index contributed by atoms with van der Waals surface area (Å²) in [7, 11) is 0. The fourth-order valence-electron chi connectivity index (χ4n) is 6.80. The fraction of sp³-hybridized carbons (Fsp3) is 0.465. The SMILES string of the molecule is CCN(CCNCC(=O)O)CCN(CC(=O)O)C(CNCC(=O)O)Cc1ccc(C(=O)NC(Cc2ccccc2)C(=O)NCC(=O)NC(CCCCN2C(=O)C=CC2=O)C(=O)O)cc1. The Kier molecular flexibility index (Phi) is 22.3. The van der Waals surface area contributed by atoms with Crippen molar-refractivity contribution in [1.82, 2.24) is 41.3 Å². The van der Waals surface area contributed by atoms with Gasteiger partial charge < -0.3 is 51.9 Å². The van der Waals surface area contributed by atoms with Crippen molar-refractivity contribution < 1.29 is 63.6 Å². The Bertz CT molecular complexity index is 1930. The largest absolute Gasteiger partial charge is 0.480 e. The van der Waals surface area contributed by atoms with Gasteiger partial charge in [-0.3, -0.25) is 48.2 Å². The van der Waals surface area contributed by atoms with Gasteiger partial charge >= 0.3 is 23.9 Å². The average molecular weight is 895 g/mol. The van der Waals surface area contributed by atoms with Gasteiger partial charge in [-0.1, -0.05) is 49.4 Å². The van der Waals surface area contributed by atoms with Crippen LogP contribution in [0.25, 0.3) is 0 Å². The smallest absolute Gasteiger partial charge is 0.326 e. The summed E-state index contributed by atoms with van der Waals surface area (Å²) in [4.78, 5) is 114. The fourth-order valence-corrected chi connectivity index (χ4v) is 6.80. The summed E-state index contributed by atoms with van der Waals surface area (Å²) in [6.07, 6.45) is 3.21. The van der Waals surface area contributed by atoms with Crippen molar-refractivity contribution in [1.29, 1.82) is 0 Å². The van der Waals surface area contributed by atoms with Gasteiger partial charge in [-0.15, -0.1) is 0 Å². The number of carboxylic acids is 4. The second-order valence-electron chi connectivity index (χ2n) is 15.0. The van der Waals surface area contributed by atoms with Gasteiger partial charge in [0.05, 0.1) is 26.2 Å². The van der Waals surface area contributed by atoms with Crippen LogP contribution >= 0.6 is 0 Å². The van der Waals surface area contributed by atoms with Crippen LogP contribution in [0, 0.1) is 0 Å². The first kappa shape index (κ1) is 51.8. The third-order valence-electron chi connectivity index (χ3n) is 10.2. The molecule has 1 heterocycles. The molecule has 0 saturated heterocycles. The van der Waals surface area contributed by atoms with E-state index in [0.717, 1.165) is 17.1 Å². The van der Waals surface area contributed by atoms with Crippen LogP contribution in [0.4, 0.5) is 0 Å². The third-order valence-corrected chi connectivity index (χ3v) is 10.2. The van der Waals surface area contributed by atoms with E-state index in [2.05, 4.69) is 26.6 Å². The van der Waals surface area contributed by atoms with Crippen LogP contribution in [0.3, 0.4) is 0 Å². The molecule has 2 aromatic rings. The normalized spacial score (nSPS) is 13.7. The number of hydrogen-bond donors (Lipinski definition) is 9. The van der Waals surface area contributed by atoms with Crippen LogP contribution in [0.1, 0.15) is 47.7 Å². The molecule has 0 aromatic heterocycles. The summed E-state index contributed by atoms with van der Waals surface area (Å²) in [6, 6.07) is 12.3. The number of aliphatic carboxylic acids is 4. The zero-order valence-corrected chi connectivity index (χ0v) is 35.7. The van der Waals surface area contributed by atoms with E-state index in [9.17, 15) is 58.5 Å². The first-order chi connectivity index (χ1) is 30.6. The molecule has 2 aromatic carbocycles. The topological polar surface area (TPSA) is 304 Å². The average Bonchev–Trinajstić information content (AvgIpc) is 3.57. The Labute approximate surface area is 370 Å². The Morgan fingerprint density at radius 3 is 1.94 bits per heavy atom. The number of imide groups is 1. The van der Waals surface area contributed by atoms with Gasteiger partial charge in [-0.2, -0.15) is 0 Å². The Balaban J connectivity index is 1.66. The number of carboxylic acid groups (broad SMARTS) is 4. The van der Waals surface area contributed by atoms with E-state index >= 15 is 0 Å². The molecule has 0 spiro atoms. The van der Waals surface area contributed by atoms with E-state index in [0.29, 0.717) is 50.3 Å². The van der Waals surface area contributed by atoms with Crippen molar-refractivity contribution in [3.8, 4) is 0 Å². The summed E-state index contributed by atoms with van der Waals surface area (Å²) >= 11 is 0. The van der Waals surface area contributed by atoms with Gasteiger partial charge in [0.25, 0.3) is 17.7 Å². The van der Waals surface area contributed by atoms with Crippen LogP contribution in [0.15, 0.2) is 66.7 Å². The van der Waals surface area contributed by atoms with Gasteiger partial charge in [-0.25, -0.2) is 4.79 Å². The second-order valence-corrected chi connectivity index (χ2v) is 15.0. The van der Waals surface area contributed by atoms with E-state index in [1.54, 1.807) is 47.4 Å². The van der Waals surface area contributed by atoms with Gasteiger partial charge in [-0.05, 0) is 55.5 Å². The molecule has 0 saturated carbocycles. The molecule has 348 valence electrons. The maximum absolute atomic E-state index is 13.6. The highest BCUT2D eigenvalue weighted by molar-refractivity contribution is 6.12. The minimum atomic E-state index is -1.31. The molecule has 64 heavy (non-hydrogen) atoms. The Morgan fingerprint density at radius 2 is 1.33 bits per heavy atom. The second kappa shape index (κ2) is 27.5. The highest BCUT2D eigenvalue weighted by Gasteiger charge is 2.27. The maximum Gasteiger partial charge on any atom is 0.326 e. The van der Waals surface area contributed by atoms with E-state index in [1.807, 2.05) is 11.8 Å². The quantitative estimate of drug-likeness (QED) is 0.0307. The number of carbonyl (C=O) groups excluding carboxylic acids is 5. The molecule has 3 unspecified atom stereocenters. The van der Waals surface area contributed by atoms with Gasteiger partial charge in [0.15, 0.2) is 0 Å². The predicted molar refractivity (Wildman–Crippen MR) is 230 cm³/mol. The van der Waals surface area contributed by atoms with Crippen molar-refractivity contribution in [2.75, 3.05) is 72.0 Å². The lowest BCUT2D eigenvalue weighted by atomic mass is 10.0. The molecule has 1 aliphatic rings. The van der Waals surface area contributed by atoms with Crippen molar-refractivity contribution in [2.45, 2.75) is 57.2 Å². The molecule has 1 aliphatic heterocycles. The van der Waals surface area contributed by atoms with E-state index in [-0.39, 0.29) is 64.0 Å². The zero-order chi connectivity index (χ0) is 47.0. The molecule has 0 bridgehead atoms. The number of carbonyl (C=O) groups is 9. The molecule has 0 radical (unpaired) electrons. The number of likely N-dealkylation sites (N-methyl/N-ethyl adjacent to an activating group) is 1. The van der Waals surface area contributed by atoms with Crippen LogP contribution in [-0.4, -0.2) is 179 Å². The lowest BCUT2D eigenvalue weighted by Crippen LogP contribution is -2.51. The third kappa shape index (κ3) is 19.2. The minimum absolute atomic E-state index is 0.00161. The summed E-state index contributed by atoms with van der Waals surface area (Å²) < 4.78 is 0. The van der Waals surface area contributed by atoms with Crippen molar-refractivity contribution >= 4 is 53.4 Å². The number of unbranched alkanes of at least 4 members (excludes halogenated alkanes) is 1. The van der Waals surface area contributed by atoms with Crippen molar-refractivity contribution in [3.05, 3.63) is 83.4 Å². The highest BCUT2D eigenvalue weighted by atomic mass is 16.4. The number of rotatable bonds is 32. The molecule has 0 fully saturated rings. The molecule has 3 rings (SSSR count). The van der Waals surface area contributed by atoms with Crippen LogP contribution in [0.2, 0.25) is 0 Å². The van der Waals surface area contributed by atoms with Gasteiger partial charge in [0.1, 0.15) is 12.1 Å². The number of nitrogens with zero attached hydrogens (tertiary/aromatic N) is 3. The highest BCUT2D eigenvalue weighted by Crippen LogP contribution is 2.13. The minimum Gasteiger partial charge on any atom is -0.480 e. The van der Waals surface area contributed by atoms with Gasteiger partial charge in [0.2, 0.25) is 11.8 Å². The molecular formula is C43H58N8O13. The Hall–Kier alpha value is -6.55.